The summed E-state index contributed by atoms with van der Waals surface area (Å²) in [5, 5.41) is 31.1. The monoisotopic (exact) mass is 469 g/mol. The molecule has 0 saturated carbocycles. The van der Waals surface area contributed by atoms with Crippen molar-refractivity contribution in [3.8, 4) is 0 Å². The van der Waals surface area contributed by atoms with Gasteiger partial charge in [-0.25, -0.2) is 0 Å². The average Bonchev–Trinajstić information content (AvgIpc) is 3.33. The average molecular weight is 469 g/mol. The van der Waals surface area contributed by atoms with Crippen molar-refractivity contribution in [2.75, 3.05) is 16.8 Å². The molecule has 0 spiro atoms. The van der Waals surface area contributed by atoms with E-state index < -0.39 is 29.6 Å². The normalized spacial score (nSPS) is 22.5. The first-order chi connectivity index (χ1) is 16.2. The number of aliphatic hydroxyl groups excluding tert-OH is 1. The van der Waals surface area contributed by atoms with E-state index in [4.69, 9.17) is 9.84 Å². The number of nitrogens with one attached hydrogen (secondary N) is 1. The zero-order valence-electron chi connectivity index (χ0n) is 19.0. The van der Waals surface area contributed by atoms with Crippen molar-refractivity contribution in [1.82, 2.24) is 15.0 Å². The summed E-state index contributed by atoms with van der Waals surface area (Å²) in [5.41, 5.74) is 0.151. The molecule has 3 N–H and O–H groups in total. The summed E-state index contributed by atoms with van der Waals surface area (Å²) in [6.45, 7) is 3.58. The highest BCUT2D eigenvalue weighted by Gasteiger charge is 2.49. The number of fused-ring (bicyclic) bond motifs is 1. The molecule has 34 heavy (non-hydrogen) atoms. The highest BCUT2D eigenvalue weighted by Crippen LogP contribution is 2.44. The molecule has 11 nitrogen and oxygen atoms in total. The Morgan fingerprint density at radius 2 is 2.21 bits per heavy atom. The van der Waals surface area contributed by atoms with Crippen molar-refractivity contribution in [3.63, 3.8) is 0 Å². The Labute approximate surface area is 196 Å². The number of carbonyl (C=O) groups is 3. The van der Waals surface area contributed by atoms with Crippen LogP contribution in [-0.2, 0) is 37.7 Å². The predicted molar refractivity (Wildman–Crippen MR) is 120 cm³/mol. The topological polar surface area (TPSA) is 147 Å². The van der Waals surface area contributed by atoms with Gasteiger partial charge in [0.25, 0.3) is 5.91 Å². The molecule has 2 aliphatic heterocycles. The largest absolute Gasteiger partial charge is 0.441 e. The number of aromatic nitrogens is 3. The van der Waals surface area contributed by atoms with E-state index in [2.05, 4.69) is 15.6 Å². The van der Waals surface area contributed by atoms with Crippen LogP contribution in [0.15, 0.2) is 36.5 Å². The molecular weight excluding hydrogens is 442 g/mol. The van der Waals surface area contributed by atoms with E-state index in [1.54, 1.807) is 42.1 Å². The van der Waals surface area contributed by atoms with Gasteiger partial charge in [0.2, 0.25) is 5.91 Å². The summed E-state index contributed by atoms with van der Waals surface area (Å²) in [5.74, 6) is -1.82. The fourth-order valence-corrected chi connectivity index (χ4v) is 4.21. The van der Waals surface area contributed by atoms with Gasteiger partial charge in [0.15, 0.2) is 11.8 Å². The third-order valence-corrected chi connectivity index (χ3v) is 6.06. The molecule has 3 atom stereocenters. The lowest BCUT2D eigenvalue weighted by molar-refractivity contribution is -0.153. The summed E-state index contributed by atoms with van der Waals surface area (Å²) in [4.78, 5) is 37.6. The van der Waals surface area contributed by atoms with E-state index in [0.717, 1.165) is 0 Å². The van der Waals surface area contributed by atoms with E-state index in [-0.39, 0.29) is 18.9 Å². The lowest BCUT2D eigenvalue weighted by Crippen LogP contribution is -2.55. The molecular formula is C23H27N5O6. The molecule has 0 aliphatic carbocycles. The second-order valence-corrected chi connectivity index (χ2v) is 8.43. The van der Waals surface area contributed by atoms with Gasteiger partial charge in [0, 0.05) is 55.5 Å². The van der Waals surface area contributed by atoms with E-state index in [1.807, 2.05) is 6.08 Å². The van der Waals surface area contributed by atoms with Gasteiger partial charge < -0.3 is 20.3 Å². The van der Waals surface area contributed by atoms with Crippen molar-refractivity contribution in [3.05, 3.63) is 47.8 Å². The zero-order chi connectivity index (χ0) is 24.5. The van der Waals surface area contributed by atoms with E-state index in [1.165, 1.54) is 11.8 Å². The van der Waals surface area contributed by atoms with Crippen LogP contribution in [-0.4, -0.2) is 55.8 Å². The number of anilines is 2. The number of amides is 2. The number of nitrogens with zero attached hydrogens (tertiary/aromatic N) is 4. The van der Waals surface area contributed by atoms with Crippen molar-refractivity contribution >= 4 is 29.2 Å². The number of ether oxygens (including phenoxy) is 1. The number of carbonyl (C=O) groups excluding carboxylic acids is 3. The van der Waals surface area contributed by atoms with Crippen LogP contribution in [0, 0.1) is 5.92 Å². The Hall–Kier alpha value is -3.57. The second kappa shape index (κ2) is 9.35. The van der Waals surface area contributed by atoms with Crippen molar-refractivity contribution in [2.24, 2.45) is 5.92 Å². The summed E-state index contributed by atoms with van der Waals surface area (Å²) < 4.78 is 6.84. The van der Waals surface area contributed by atoms with Crippen molar-refractivity contribution in [1.29, 1.82) is 0 Å². The molecule has 1 saturated heterocycles. The van der Waals surface area contributed by atoms with Crippen molar-refractivity contribution in [2.45, 2.75) is 51.5 Å². The Morgan fingerprint density at radius 1 is 1.41 bits per heavy atom. The highest BCUT2D eigenvalue weighted by atomic mass is 16.6. The number of allylic oxidation sites excluding steroid dienone is 1. The van der Waals surface area contributed by atoms with E-state index >= 15 is 0 Å². The van der Waals surface area contributed by atoms with Gasteiger partial charge in [0.05, 0.1) is 12.1 Å². The van der Waals surface area contributed by atoms with Crippen molar-refractivity contribution < 1.29 is 29.3 Å². The summed E-state index contributed by atoms with van der Waals surface area (Å²) >= 11 is 0. The van der Waals surface area contributed by atoms with Gasteiger partial charge >= 0.3 is 5.97 Å². The molecule has 1 aromatic heterocycles. The molecule has 1 fully saturated rings. The number of hydrogen-bond donors (Lipinski definition) is 3. The highest BCUT2D eigenvalue weighted by molar-refractivity contribution is 6.07. The summed E-state index contributed by atoms with van der Waals surface area (Å²) in [6, 6.07) is 4.85. The Kier molecular flexibility index (Phi) is 6.49. The van der Waals surface area contributed by atoms with Gasteiger partial charge in [0.1, 0.15) is 0 Å². The summed E-state index contributed by atoms with van der Waals surface area (Å²) in [6.07, 6.45) is 5.83. The Bertz CT molecular complexity index is 1140. The standard InChI is InChI=1S/C23H27N5O6/c1-14(5-3-4-9-27-13-16(8-10-29)25-26-27)23(33)18-11-17(6-7-19(18)24-22(23)32)28-20(31)12-21(28)34-15(2)30/h3,5-7,11,13-14,21,29,33H,4,8-10,12H2,1-2H3,(H,24,32)/b5-3+/t14-,21?,23+/m0/s1. The van der Waals surface area contributed by atoms with Crippen LogP contribution in [0.4, 0.5) is 11.4 Å². The van der Waals surface area contributed by atoms with Crippen LogP contribution in [0.5, 0.6) is 0 Å². The molecule has 2 aliphatic rings. The second-order valence-electron chi connectivity index (χ2n) is 8.43. The molecule has 4 rings (SSSR count). The summed E-state index contributed by atoms with van der Waals surface area (Å²) in [7, 11) is 0. The van der Waals surface area contributed by atoms with Crippen LogP contribution in [0.1, 0.15) is 37.9 Å². The Morgan fingerprint density at radius 3 is 2.91 bits per heavy atom. The minimum absolute atomic E-state index is 0.0102. The maximum Gasteiger partial charge on any atom is 0.304 e. The fourth-order valence-electron chi connectivity index (χ4n) is 4.21. The maximum atomic E-state index is 12.8. The fraction of sp³-hybridized carbons (Fsp3) is 0.435. The number of aliphatic hydroxyl groups is 2. The lowest BCUT2D eigenvalue weighted by Gasteiger charge is -2.39. The first-order valence-electron chi connectivity index (χ1n) is 11.1. The third-order valence-electron chi connectivity index (χ3n) is 6.06. The van der Waals surface area contributed by atoms with E-state index in [9.17, 15) is 19.5 Å². The van der Waals surface area contributed by atoms with Gasteiger partial charge in [-0.1, -0.05) is 24.3 Å². The predicted octanol–water partition coefficient (Wildman–Crippen LogP) is 0.861. The molecule has 0 bridgehead atoms. The van der Waals surface area contributed by atoms with Crippen LogP contribution in [0.25, 0.3) is 0 Å². The smallest absolute Gasteiger partial charge is 0.304 e. The number of aryl methyl sites for hydroxylation is 1. The van der Waals surface area contributed by atoms with Crippen LogP contribution in [0.2, 0.25) is 0 Å². The van der Waals surface area contributed by atoms with Gasteiger partial charge in [-0.3, -0.25) is 24.0 Å². The first-order valence-corrected chi connectivity index (χ1v) is 11.1. The molecule has 0 radical (unpaired) electrons. The number of rotatable bonds is 9. The minimum Gasteiger partial charge on any atom is -0.441 e. The van der Waals surface area contributed by atoms with Crippen LogP contribution >= 0.6 is 0 Å². The molecule has 1 aromatic carbocycles. The van der Waals surface area contributed by atoms with Crippen LogP contribution < -0.4 is 10.2 Å². The lowest BCUT2D eigenvalue weighted by atomic mass is 9.82. The third kappa shape index (κ3) is 4.31. The first kappa shape index (κ1) is 23.6. The molecule has 11 heteroatoms. The maximum absolute atomic E-state index is 12.8. The molecule has 180 valence electrons. The molecule has 3 heterocycles. The molecule has 2 amide bonds. The quantitative estimate of drug-likeness (QED) is 0.278. The number of esters is 1. The molecule has 1 unspecified atom stereocenters. The number of benzene rings is 1. The van der Waals surface area contributed by atoms with E-state index in [0.29, 0.717) is 42.0 Å². The van der Waals surface area contributed by atoms with Gasteiger partial charge in [-0.2, -0.15) is 0 Å². The van der Waals surface area contributed by atoms with Crippen LogP contribution in [0.3, 0.4) is 0 Å². The van der Waals surface area contributed by atoms with Gasteiger partial charge in [-0.05, 0) is 24.6 Å². The number of hydrogen-bond acceptors (Lipinski definition) is 8. The molecule has 2 aromatic rings. The Balaban J connectivity index is 1.48. The zero-order valence-corrected chi connectivity index (χ0v) is 19.0. The van der Waals surface area contributed by atoms with Gasteiger partial charge in [-0.15, -0.1) is 5.10 Å². The minimum atomic E-state index is -1.83. The SMILES string of the molecule is CC(=O)OC1CC(=O)N1c1ccc2c(c1)[C@](O)([C@@H](C)/C=C/CCn1cc(CCO)nn1)C(=O)N2. The number of β-lactam (4-membered cyclic amide) rings is 1.